The molecule has 1 aliphatic heterocycles. The van der Waals surface area contributed by atoms with Crippen LogP contribution in [0.2, 0.25) is 0 Å². The Morgan fingerprint density at radius 2 is 2.24 bits per heavy atom. The minimum absolute atomic E-state index is 0.147. The van der Waals surface area contributed by atoms with E-state index in [1.54, 1.807) is 12.4 Å². The van der Waals surface area contributed by atoms with E-state index < -0.39 is 0 Å². The molecule has 0 bridgehead atoms. The van der Waals surface area contributed by atoms with E-state index in [0.29, 0.717) is 25.0 Å². The predicted molar refractivity (Wildman–Crippen MR) is 63.8 cm³/mol. The molecule has 1 aliphatic rings. The zero-order valence-corrected chi connectivity index (χ0v) is 10.3. The van der Waals surface area contributed by atoms with E-state index in [-0.39, 0.29) is 6.10 Å². The Bertz CT molecular complexity index is 336. The van der Waals surface area contributed by atoms with Gasteiger partial charge in [0.15, 0.2) is 0 Å². The van der Waals surface area contributed by atoms with Gasteiger partial charge in [-0.05, 0) is 12.5 Å². The van der Waals surface area contributed by atoms with Crippen molar-refractivity contribution in [1.82, 2.24) is 15.3 Å². The molecule has 17 heavy (non-hydrogen) atoms. The lowest BCUT2D eigenvalue weighted by molar-refractivity contribution is -0.0814. The number of hydrogen-bond donors (Lipinski definition) is 1. The van der Waals surface area contributed by atoms with Gasteiger partial charge in [-0.25, -0.2) is 4.98 Å². The van der Waals surface area contributed by atoms with E-state index in [1.165, 1.54) is 0 Å². The van der Waals surface area contributed by atoms with E-state index in [4.69, 9.17) is 9.47 Å². The van der Waals surface area contributed by atoms with Crippen molar-refractivity contribution in [2.75, 3.05) is 19.8 Å². The standard InChI is InChI=1S/C12H19N3O2/c1-9(2)3-13-4-10-5-15-12(6-14-10)17-11-7-16-8-11/h5-6,9,11,13H,3-4,7-8H2,1-2H3. The second-order valence-electron chi connectivity index (χ2n) is 4.65. The van der Waals surface area contributed by atoms with Crippen LogP contribution in [-0.2, 0) is 11.3 Å². The smallest absolute Gasteiger partial charge is 0.232 e. The molecule has 0 aliphatic carbocycles. The van der Waals surface area contributed by atoms with E-state index >= 15 is 0 Å². The molecule has 0 spiro atoms. The molecule has 2 rings (SSSR count). The molecule has 1 fully saturated rings. The van der Waals surface area contributed by atoms with Gasteiger partial charge in [0.1, 0.15) is 6.10 Å². The fraction of sp³-hybridized carbons (Fsp3) is 0.667. The van der Waals surface area contributed by atoms with Crippen molar-refractivity contribution < 1.29 is 9.47 Å². The average Bonchev–Trinajstić information content (AvgIpc) is 2.25. The van der Waals surface area contributed by atoms with Crippen LogP contribution in [-0.4, -0.2) is 35.8 Å². The van der Waals surface area contributed by atoms with E-state index in [9.17, 15) is 0 Å². The van der Waals surface area contributed by atoms with Gasteiger partial charge in [0.2, 0.25) is 5.88 Å². The summed E-state index contributed by atoms with van der Waals surface area (Å²) in [7, 11) is 0. The second-order valence-corrected chi connectivity index (χ2v) is 4.65. The normalized spacial score (nSPS) is 15.9. The van der Waals surface area contributed by atoms with E-state index in [1.807, 2.05) is 0 Å². The molecule has 5 heteroatoms. The molecule has 0 atom stereocenters. The Balaban J connectivity index is 1.76. The summed E-state index contributed by atoms with van der Waals surface area (Å²) in [5.74, 6) is 1.22. The first-order chi connectivity index (χ1) is 8.24. The lowest BCUT2D eigenvalue weighted by Crippen LogP contribution is -2.38. The van der Waals surface area contributed by atoms with Gasteiger partial charge in [-0.3, -0.25) is 4.98 Å². The summed E-state index contributed by atoms with van der Waals surface area (Å²) in [4.78, 5) is 8.51. The summed E-state index contributed by atoms with van der Waals surface area (Å²) in [5.41, 5.74) is 0.933. The van der Waals surface area contributed by atoms with Crippen molar-refractivity contribution in [2.24, 2.45) is 5.92 Å². The molecule has 0 unspecified atom stereocenters. The van der Waals surface area contributed by atoms with Crippen LogP contribution >= 0.6 is 0 Å². The van der Waals surface area contributed by atoms with E-state index in [2.05, 4.69) is 29.1 Å². The van der Waals surface area contributed by atoms with Gasteiger partial charge in [0, 0.05) is 6.54 Å². The number of aromatic nitrogens is 2. The number of nitrogens with zero attached hydrogens (tertiary/aromatic N) is 2. The maximum atomic E-state index is 5.53. The molecule has 0 saturated carbocycles. The molecule has 0 radical (unpaired) electrons. The highest BCUT2D eigenvalue weighted by Crippen LogP contribution is 2.11. The predicted octanol–water partition coefficient (Wildman–Crippen LogP) is 1.000. The Morgan fingerprint density at radius 1 is 1.41 bits per heavy atom. The van der Waals surface area contributed by atoms with Gasteiger partial charge >= 0.3 is 0 Å². The number of nitrogens with one attached hydrogen (secondary N) is 1. The first-order valence-electron chi connectivity index (χ1n) is 6.00. The van der Waals surface area contributed by atoms with Crippen LogP contribution in [0.5, 0.6) is 5.88 Å². The maximum absolute atomic E-state index is 5.53. The summed E-state index contributed by atoms with van der Waals surface area (Å²) >= 11 is 0. The third-order valence-electron chi connectivity index (χ3n) is 2.44. The fourth-order valence-corrected chi connectivity index (χ4v) is 1.44. The van der Waals surface area contributed by atoms with Gasteiger partial charge in [-0.1, -0.05) is 13.8 Å². The van der Waals surface area contributed by atoms with Crippen molar-refractivity contribution in [2.45, 2.75) is 26.5 Å². The van der Waals surface area contributed by atoms with Gasteiger partial charge in [0.25, 0.3) is 0 Å². The maximum Gasteiger partial charge on any atom is 0.232 e. The monoisotopic (exact) mass is 237 g/mol. The zero-order valence-electron chi connectivity index (χ0n) is 10.3. The van der Waals surface area contributed by atoms with Crippen molar-refractivity contribution in [3.63, 3.8) is 0 Å². The molecule has 94 valence electrons. The van der Waals surface area contributed by atoms with Crippen LogP contribution in [0.1, 0.15) is 19.5 Å². The highest BCUT2D eigenvalue weighted by molar-refractivity contribution is 5.08. The van der Waals surface area contributed by atoms with Crippen LogP contribution in [0.15, 0.2) is 12.4 Å². The molecular formula is C12H19N3O2. The van der Waals surface area contributed by atoms with Gasteiger partial charge < -0.3 is 14.8 Å². The third kappa shape index (κ3) is 3.94. The van der Waals surface area contributed by atoms with Crippen molar-refractivity contribution >= 4 is 0 Å². The summed E-state index contributed by atoms with van der Waals surface area (Å²) in [6.45, 7) is 7.39. The summed E-state index contributed by atoms with van der Waals surface area (Å²) in [5, 5.41) is 3.32. The second kappa shape index (κ2) is 5.93. The topological polar surface area (TPSA) is 56.3 Å². The van der Waals surface area contributed by atoms with Crippen LogP contribution in [0, 0.1) is 5.92 Å². The molecule has 1 aromatic heterocycles. The Morgan fingerprint density at radius 3 is 2.76 bits per heavy atom. The number of ether oxygens (including phenoxy) is 2. The van der Waals surface area contributed by atoms with Gasteiger partial charge in [-0.15, -0.1) is 0 Å². The highest BCUT2D eigenvalue weighted by Gasteiger charge is 2.20. The van der Waals surface area contributed by atoms with Crippen molar-refractivity contribution in [3.8, 4) is 5.88 Å². The molecule has 2 heterocycles. The third-order valence-corrected chi connectivity index (χ3v) is 2.44. The summed E-state index contributed by atoms with van der Waals surface area (Å²) < 4.78 is 10.6. The van der Waals surface area contributed by atoms with Crippen molar-refractivity contribution in [1.29, 1.82) is 0 Å². The molecule has 5 nitrogen and oxygen atoms in total. The van der Waals surface area contributed by atoms with Gasteiger partial charge in [-0.2, -0.15) is 0 Å². The summed E-state index contributed by atoms with van der Waals surface area (Å²) in [6, 6.07) is 0. The van der Waals surface area contributed by atoms with Crippen LogP contribution in [0.4, 0.5) is 0 Å². The SMILES string of the molecule is CC(C)CNCc1cnc(OC2COC2)cn1. The minimum Gasteiger partial charge on any atom is -0.468 e. The lowest BCUT2D eigenvalue weighted by Gasteiger charge is -2.25. The molecule has 1 saturated heterocycles. The minimum atomic E-state index is 0.147. The summed E-state index contributed by atoms with van der Waals surface area (Å²) in [6.07, 6.45) is 3.57. The Kier molecular flexibility index (Phi) is 4.28. The van der Waals surface area contributed by atoms with Gasteiger partial charge in [0.05, 0.1) is 31.3 Å². The van der Waals surface area contributed by atoms with Crippen LogP contribution in [0.25, 0.3) is 0 Å². The Labute approximate surface area is 102 Å². The Hall–Kier alpha value is -1.20. The van der Waals surface area contributed by atoms with Crippen molar-refractivity contribution in [3.05, 3.63) is 18.1 Å². The zero-order chi connectivity index (χ0) is 12.1. The average molecular weight is 237 g/mol. The molecule has 1 N–H and O–H groups in total. The van der Waals surface area contributed by atoms with Crippen LogP contribution < -0.4 is 10.1 Å². The highest BCUT2D eigenvalue weighted by atomic mass is 16.6. The fourth-order valence-electron chi connectivity index (χ4n) is 1.44. The molecule has 0 aromatic carbocycles. The number of rotatable bonds is 6. The van der Waals surface area contributed by atoms with E-state index in [0.717, 1.165) is 18.8 Å². The van der Waals surface area contributed by atoms with Crippen LogP contribution in [0.3, 0.4) is 0 Å². The molecular weight excluding hydrogens is 218 g/mol. The molecule has 1 aromatic rings. The lowest BCUT2D eigenvalue weighted by atomic mass is 10.2. The largest absolute Gasteiger partial charge is 0.468 e. The first kappa shape index (κ1) is 12.3. The molecule has 0 amide bonds. The first-order valence-corrected chi connectivity index (χ1v) is 6.00. The number of hydrogen-bond acceptors (Lipinski definition) is 5. The quantitative estimate of drug-likeness (QED) is 0.800.